The molecule has 2 aliphatic rings. The Morgan fingerprint density at radius 1 is 0.877 bits per heavy atom. The van der Waals surface area contributed by atoms with E-state index in [0.717, 1.165) is 63.3 Å². The maximum atomic E-state index is 11.9. The first kappa shape index (κ1) is 55.6. The molecule has 0 unspecified atom stereocenters. The van der Waals surface area contributed by atoms with Gasteiger partial charge in [0.05, 0.1) is 32.5 Å². The molecule has 0 bridgehead atoms. The molecule has 2 aliphatic heterocycles. The molecule has 296 valence electrons. The second-order valence-electron chi connectivity index (χ2n) is 13.4. The number of hydrogen-bond acceptors (Lipinski definition) is 15. The first-order chi connectivity index (χ1) is 25.4. The molecule has 2 aromatic carbocycles. The fourth-order valence-electron chi connectivity index (χ4n) is 6.60. The van der Waals surface area contributed by atoms with Crippen molar-refractivity contribution in [3.05, 3.63) is 94.2 Å². The minimum atomic E-state index is -4.66. The van der Waals surface area contributed by atoms with Gasteiger partial charge in [-0.3, -0.25) is 10.1 Å². The molecule has 14 nitrogen and oxygen atoms in total. The molecule has 0 aromatic heterocycles. The zero-order valence-corrected chi connectivity index (χ0v) is 43.7. The van der Waals surface area contributed by atoms with Crippen LogP contribution in [0.15, 0.2) is 92.8 Å². The Labute approximate surface area is 418 Å². The van der Waals surface area contributed by atoms with Crippen molar-refractivity contribution in [2.24, 2.45) is 0 Å². The monoisotopic (exact) mass is 956 g/mol. The smallest absolute Gasteiger partial charge is 0.748 e. The Balaban J connectivity index is 0.00000541. The minimum Gasteiger partial charge on any atom is -0.748 e. The third-order valence-corrected chi connectivity index (χ3v) is 12.5. The topological polar surface area (TPSA) is 204 Å². The van der Waals surface area contributed by atoms with Crippen molar-refractivity contribution in [3.63, 3.8) is 0 Å². The van der Waals surface area contributed by atoms with Crippen LogP contribution in [-0.4, -0.2) is 60.8 Å². The van der Waals surface area contributed by atoms with Gasteiger partial charge >= 0.3 is 88.7 Å². The third kappa shape index (κ3) is 15.4. The third-order valence-electron chi connectivity index (χ3n) is 9.15. The van der Waals surface area contributed by atoms with Gasteiger partial charge in [-0.05, 0) is 87.2 Å². The fraction of sp³-hybridized carbons (Fsp3) is 0.400. The summed E-state index contributed by atoms with van der Waals surface area (Å²) in [6.45, 7) is 9.08. The Kier molecular flexibility index (Phi) is 24.5. The second-order valence-corrected chi connectivity index (χ2v) is 18.8. The molecular formula is C35H40BrN2Na3O12S4. The van der Waals surface area contributed by atoms with Crippen molar-refractivity contribution in [3.8, 4) is 0 Å². The van der Waals surface area contributed by atoms with Crippen molar-refractivity contribution < 1.29 is 148 Å². The van der Waals surface area contributed by atoms with E-state index in [1.54, 1.807) is 12.1 Å². The number of fused-ring (bicyclic) bond motifs is 2. The summed E-state index contributed by atoms with van der Waals surface area (Å²) in [6, 6.07) is 9.99. The summed E-state index contributed by atoms with van der Waals surface area (Å²) < 4.78 is 80.9. The molecular weight excluding hydrogens is 918 g/mol. The summed E-state index contributed by atoms with van der Waals surface area (Å²) in [4.78, 5) is 2.46. The minimum absolute atomic E-state index is 0. The molecule has 22 heteroatoms. The summed E-state index contributed by atoms with van der Waals surface area (Å²) >= 11 is 5.32. The first-order valence-electron chi connectivity index (χ1n) is 16.7. The Morgan fingerprint density at radius 2 is 1.58 bits per heavy atom. The van der Waals surface area contributed by atoms with Crippen molar-refractivity contribution in [2.45, 2.75) is 74.0 Å². The molecule has 0 radical (unpaired) electrons. The van der Waals surface area contributed by atoms with Gasteiger partial charge < -0.3 is 24.5 Å². The van der Waals surface area contributed by atoms with E-state index in [2.05, 4.69) is 44.1 Å². The average Bonchev–Trinajstić information content (AvgIpc) is 3.44. The molecule has 0 saturated heterocycles. The van der Waals surface area contributed by atoms with Crippen LogP contribution in [0.4, 0.5) is 11.4 Å². The SMILES string of the molecule is CC1(C)C(/C=C/C=C(Br)/C=C/C=C2/N(CCCCSOO[O-])c3ccc(S(=O)(=O)[O-])cc3C2(C)C)=[N+](CCCCS(=O)(=O)[O-])c2ccc(SOO[O-])cc21.[Na+].[Na+].[Na+]. The normalized spacial score (nSPS) is 16.8. The van der Waals surface area contributed by atoms with Gasteiger partial charge in [-0.1, -0.05) is 41.9 Å². The quantitative estimate of drug-likeness (QED) is 0.0183. The van der Waals surface area contributed by atoms with Crippen LogP contribution in [0.2, 0.25) is 0 Å². The maximum absolute atomic E-state index is 11.9. The largest absolute Gasteiger partial charge is 1.00 e. The van der Waals surface area contributed by atoms with Crippen LogP contribution in [0.25, 0.3) is 0 Å². The van der Waals surface area contributed by atoms with Crippen molar-refractivity contribution >= 4 is 77.3 Å². The van der Waals surface area contributed by atoms with E-state index in [4.69, 9.17) is 0 Å². The number of anilines is 1. The van der Waals surface area contributed by atoms with Crippen LogP contribution >= 0.6 is 40.0 Å². The Bertz CT molecular complexity index is 2060. The number of halogens is 1. The van der Waals surface area contributed by atoms with Crippen LogP contribution in [-0.2, 0) is 49.8 Å². The van der Waals surface area contributed by atoms with E-state index in [9.17, 15) is 36.5 Å². The average molecular weight is 958 g/mol. The van der Waals surface area contributed by atoms with Crippen LogP contribution in [0.5, 0.6) is 0 Å². The molecule has 0 amide bonds. The Hall–Kier alpha value is 0.630. The second kappa shape index (κ2) is 25.1. The molecule has 0 saturated carbocycles. The zero-order chi connectivity index (χ0) is 39.7. The van der Waals surface area contributed by atoms with Gasteiger partial charge in [0, 0.05) is 80.4 Å². The van der Waals surface area contributed by atoms with Gasteiger partial charge in [0.15, 0.2) is 5.71 Å². The number of hydrogen-bond donors (Lipinski definition) is 0. The molecule has 0 fully saturated rings. The van der Waals surface area contributed by atoms with Gasteiger partial charge in [0.1, 0.15) is 16.7 Å². The van der Waals surface area contributed by atoms with Crippen molar-refractivity contribution in [2.75, 3.05) is 29.5 Å². The summed E-state index contributed by atoms with van der Waals surface area (Å²) in [7, 11) is -8.99. The van der Waals surface area contributed by atoms with Gasteiger partial charge in [-0.2, -0.15) is 13.2 Å². The van der Waals surface area contributed by atoms with Gasteiger partial charge in [-0.25, -0.2) is 16.8 Å². The van der Waals surface area contributed by atoms with E-state index in [1.165, 1.54) is 12.1 Å². The van der Waals surface area contributed by atoms with E-state index in [-0.39, 0.29) is 100.0 Å². The summed E-state index contributed by atoms with van der Waals surface area (Å²) in [6.07, 6.45) is 13.5. The van der Waals surface area contributed by atoms with Crippen LogP contribution in [0, 0.1) is 0 Å². The van der Waals surface area contributed by atoms with E-state index < -0.39 is 36.8 Å². The first-order valence-corrected chi connectivity index (χ1v) is 22.1. The van der Waals surface area contributed by atoms with Gasteiger partial charge in [0.25, 0.3) is 0 Å². The Morgan fingerprint density at radius 3 is 2.23 bits per heavy atom. The predicted octanol–water partition coefficient (Wildman–Crippen LogP) is -3.74. The molecule has 57 heavy (non-hydrogen) atoms. The van der Waals surface area contributed by atoms with Crippen molar-refractivity contribution in [1.82, 2.24) is 0 Å². The summed E-state index contributed by atoms with van der Waals surface area (Å²) in [5.74, 6) is 0.0868. The van der Waals surface area contributed by atoms with Crippen LogP contribution in [0.1, 0.15) is 64.5 Å². The summed E-state index contributed by atoms with van der Waals surface area (Å²) in [5.41, 5.74) is 4.05. The number of allylic oxidation sites excluding steroid dienone is 8. The molecule has 4 rings (SSSR count). The zero-order valence-electron chi connectivity index (χ0n) is 32.9. The van der Waals surface area contributed by atoms with Crippen LogP contribution in [0.3, 0.4) is 0 Å². The van der Waals surface area contributed by atoms with Crippen molar-refractivity contribution in [1.29, 1.82) is 0 Å². The van der Waals surface area contributed by atoms with Gasteiger partial charge in [-0.15, -0.1) is 0 Å². The number of nitrogens with zero attached hydrogens (tertiary/aromatic N) is 2. The molecule has 0 spiro atoms. The number of rotatable bonds is 20. The molecule has 0 aliphatic carbocycles. The molecule has 0 atom stereocenters. The van der Waals surface area contributed by atoms with Crippen LogP contribution < -0.4 is 104 Å². The maximum Gasteiger partial charge on any atom is 1.00 e. The molecule has 2 aromatic rings. The number of unbranched alkanes of at least 4 members (excludes halogenated alkanes) is 2. The van der Waals surface area contributed by atoms with E-state index >= 15 is 0 Å². The summed E-state index contributed by atoms with van der Waals surface area (Å²) in [5, 5.41) is 27.4. The molecule has 0 N–H and O–H groups in total. The standard InChI is InChI=1S/C35H43BrN2O12S4.3Na/c1-34(2)28-23-26(52-50-48-40)15-17-30(28)38(20-6-8-22-53(41,42)43)32(34)13-9-11-25(36)12-10-14-33-35(3,4)29-24-27(54(44,45)46)16-18-31(29)37(33)19-5-7-21-51-49-47-39;;;/h9-18,23-24H,5-8,19-22H2,1-4H3,(H3-,39,40,41,42,43,44,45,46);;;/q;3*+1/p-3. The molecule has 2 heterocycles. The number of benzene rings is 2. The van der Waals surface area contributed by atoms with Gasteiger partial charge in [0.2, 0.25) is 5.69 Å². The predicted molar refractivity (Wildman–Crippen MR) is 203 cm³/mol. The fourth-order valence-corrected chi connectivity index (χ4v) is 8.79. The van der Waals surface area contributed by atoms with E-state index in [1.807, 2.05) is 76.3 Å². The van der Waals surface area contributed by atoms with E-state index in [0.29, 0.717) is 42.1 Å².